The van der Waals surface area contributed by atoms with E-state index in [2.05, 4.69) is 31.2 Å². The Kier molecular flexibility index (Phi) is 4.79. The highest BCUT2D eigenvalue weighted by Gasteiger charge is 2.14. The molecule has 0 spiro atoms. The van der Waals surface area contributed by atoms with Gasteiger partial charge in [0.1, 0.15) is 5.69 Å². The molecule has 2 aromatic rings. The summed E-state index contributed by atoms with van der Waals surface area (Å²) in [4.78, 5) is 20.4. The summed E-state index contributed by atoms with van der Waals surface area (Å²) < 4.78 is 0.537. The number of benzene rings is 1. The average Bonchev–Trinajstić information content (AvgIpc) is 2.42. The molecule has 1 heterocycles. The number of nitrogens with zero attached hydrogens (tertiary/aromatic N) is 2. The van der Waals surface area contributed by atoms with Crippen LogP contribution >= 0.6 is 39.3 Å². The van der Waals surface area contributed by atoms with Gasteiger partial charge in [-0.15, -0.1) is 0 Å². The molecule has 1 amide bonds. The minimum Gasteiger partial charge on any atom is -0.319 e. The Bertz CT molecular complexity index is 624. The topological polar surface area (TPSA) is 54.9 Å². The molecule has 0 bridgehead atoms. The van der Waals surface area contributed by atoms with Gasteiger partial charge in [-0.05, 0) is 34.3 Å². The van der Waals surface area contributed by atoms with Crippen LogP contribution in [0.4, 0.5) is 5.69 Å². The van der Waals surface area contributed by atoms with Crippen LogP contribution in [0.2, 0.25) is 5.02 Å². The molecule has 7 heteroatoms. The van der Waals surface area contributed by atoms with Crippen LogP contribution in [0.25, 0.3) is 0 Å². The number of anilines is 1. The van der Waals surface area contributed by atoms with Gasteiger partial charge >= 0.3 is 0 Å². The quantitative estimate of drug-likeness (QED) is 0.668. The molecule has 0 aliphatic carbocycles. The molecule has 0 saturated heterocycles. The molecule has 1 N–H and O–H groups in total. The fourth-order valence-corrected chi connectivity index (χ4v) is 2.25. The SMILES string of the molecule is CSc1ncc(Br)c(C(=O)Nc2ccccc2Cl)n1. The lowest BCUT2D eigenvalue weighted by Gasteiger charge is -2.08. The Morgan fingerprint density at radius 1 is 1.42 bits per heavy atom. The maximum atomic E-state index is 12.2. The molecule has 0 aliphatic heterocycles. The second kappa shape index (κ2) is 6.36. The van der Waals surface area contributed by atoms with Crippen molar-refractivity contribution in [2.45, 2.75) is 5.16 Å². The largest absolute Gasteiger partial charge is 0.319 e. The van der Waals surface area contributed by atoms with Crippen LogP contribution in [0.1, 0.15) is 10.5 Å². The number of nitrogens with one attached hydrogen (secondary N) is 1. The highest BCUT2D eigenvalue weighted by molar-refractivity contribution is 9.10. The normalized spacial score (nSPS) is 10.3. The first-order chi connectivity index (χ1) is 9.11. The second-order valence-electron chi connectivity index (χ2n) is 3.49. The molecule has 1 aromatic heterocycles. The average molecular weight is 359 g/mol. The predicted octanol–water partition coefficient (Wildman–Crippen LogP) is 3.87. The third kappa shape index (κ3) is 3.46. The monoisotopic (exact) mass is 357 g/mol. The summed E-state index contributed by atoms with van der Waals surface area (Å²) in [5.41, 5.74) is 0.824. The lowest BCUT2D eigenvalue weighted by Crippen LogP contribution is -2.15. The van der Waals surface area contributed by atoms with E-state index < -0.39 is 0 Å². The minimum absolute atomic E-state index is 0.277. The van der Waals surface area contributed by atoms with Crippen molar-refractivity contribution in [1.82, 2.24) is 9.97 Å². The molecule has 0 radical (unpaired) electrons. The molecule has 0 fully saturated rings. The molecule has 19 heavy (non-hydrogen) atoms. The van der Waals surface area contributed by atoms with Gasteiger partial charge in [0.05, 0.1) is 15.2 Å². The summed E-state index contributed by atoms with van der Waals surface area (Å²) in [6, 6.07) is 7.03. The summed E-state index contributed by atoms with van der Waals surface area (Å²) in [6.07, 6.45) is 3.40. The van der Waals surface area contributed by atoms with E-state index in [0.717, 1.165) is 0 Å². The van der Waals surface area contributed by atoms with Crippen LogP contribution in [-0.2, 0) is 0 Å². The predicted molar refractivity (Wildman–Crippen MR) is 80.9 cm³/mol. The van der Waals surface area contributed by atoms with Crippen LogP contribution < -0.4 is 5.32 Å². The van der Waals surface area contributed by atoms with Crippen molar-refractivity contribution in [3.63, 3.8) is 0 Å². The highest BCUT2D eigenvalue weighted by Crippen LogP contribution is 2.23. The van der Waals surface area contributed by atoms with Gasteiger partial charge in [0, 0.05) is 6.20 Å². The zero-order valence-corrected chi connectivity index (χ0v) is 13.0. The Morgan fingerprint density at radius 3 is 2.84 bits per heavy atom. The third-order valence-electron chi connectivity index (χ3n) is 2.24. The van der Waals surface area contributed by atoms with E-state index in [4.69, 9.17) is 11.6 Å². The van der Waals surface area contributed by atoms with Crippen LogP contribution in [-0.4, -0.2) is 22.1 Å². The first-order valence-electron chi connectivity index (χ1n) is 5.24. The highest BCUT2D eigenvalue weighted by atomic mass is 79.9. The number of halogens is 2. The van der Waals surface area contributed by atoms with Gasteiger partial charge in [-0.2, -0.15) is 0 Å². The molecule has 4 nitrogen and oxygen atoms in total. The maximum Gasteiger partial charge on any atom is 0.275 e. The van der Waals surface area contributed by atoms with Crippen molar-refractivity contribution in [2.24, 2.45) is 0 Å². The van der Waals surface area contributed by atoms with Crippen molar-refractivity contribution in [2.75, 3.05) is 11.6 Å². The first kappa shape index (κ1) is 14.3. The minimum atomic E-state index is -0.335. The van der Waals surface area contributed by atoms with Gasteiger partial charge in [-0.1, -0.05) is 35.5 Å². The van der Waals surface area contributed by atoms with Crippen LogP contribution in [0, 0.1) is 0 Å². The zero-order chi connectivity index (χ0) is 13.8. The van der Waals surface area contributed by atoms with Crippen molar-refractivity contribution >= 4 is 50.9 Å². The van der Waals surface area contributed by atoms with Gasteiger partial charge in [0.2, 0.25) is 0 Å². The lowest BCUT2D eigenvalue weighted by atomic mass is 10.3. The van der Waals surface area contributed by atoms with E-state index >= 15 is 0 Å². The van der Waals surface area contributed by atoms with Crippen molar-refractivity contribution in [3.05, 3.63) is 45.7 Å². The van der Waals surface area contributed by atoms with Crippen LogP contribution in [0.5, 0.6) is 0 Å². The number of carbonyl (C=O) groups is 1. The number of carbonyl (C=O) groups excluding carboxylic acids is 1. The lowest BCUT2D eigenvalue weighted by molar-refractivity contribution is 0.102. The number of rotatable bonds is 3. The molecule has 0 saturated carbocycles. The fraction of sp³-hybridized carbons (Fsp3) is 0.0833. The molecule has 0 aliphatic rings. The summed E-state index contributed by atoms with van der Waals surface area (Å²) >= 11 is 10.6. The summed E-state index contributed by atoms with van der Waals surface area (Å²) in [7, 11) is 0. The van der Waals surface area contributed by atoms with E-state index in [1.165, 1.54) is 11.8 Å². The molecule has 0 atom stereocenters. The van der Waals surface area contributed by atoms with Gasteiger partial charge in [-0.3, -0.25) is 4.79 Å². The maximum absolute atomic E-state index is 12.2. The molecular weight excluding hydrogens is 350 g/mol. The Balaban J connectivity index is 2.28. The van der Waals surface area contributed by atoms with E-state index in [9.17, 15) is 4.79 Å². The smallest absolute Gasteiger partial charge is 0.275 e. The molecule has 2 rings (SSSR count). The standard InChI is InChI=1S/C12H9BrClN3OS/c1-19-12-15-6-7(13)10(17-12)11(18)16-9-5-3-2-4-8(9)14/h2-6H,1H3,(H,16,18). The van der Waals surface area contributed by atoms with Gasteiger partial charge in [0.15, 0.2) is 5.16 Å². The van der Waals surface area contributed by atoms with E-state index in [-0.39, 0.29) is 11.6 Å². The number of thioether (sulfide) groups is 1. The molecule has 98 valence electrons. The summed E-state index contributed by atoms with van der Waals surface area (Å²) in [5.74, 6) is -0.335. The first-order valence-corrected chi connectivity index (χ1v) is 7.64. The molecule has 1 aromatic carbocycles. The molecular formula is C12H9BrClN3OS. The zero-order valence-electron chi connectivity index (χ0n) is 9.85. The van der Waals surface area contributed by atoms with E-state index in [0.29, 0.717) is 20.3 Å². The number of amides is 1. The number of para-hydroxylation sites is 1. The summed E-state index contributed by atoms with van der Waals surface area (Å²) in [5, 5.41) is 3.73. The number of aromatic nitrogens is 2. The van der Waals surface area contributed by atoms with E-state index in [1.54, 1.807) is 30.5 Å². The van der Waals surface area contributed by atoms with Gasteiger partial charge in [0.25, 0.3) is 5.91 Å². The molecule has 0 unspecified atom stereocenters. The Labute approximate surface area is 128 Å². The van der Waals surface area contributed by atoms with Gasteiger partial charge < -0.3 is 5.32 Å². The summed E-state index contributed by atoms with van der Waals surface area (Å²) in [6.45, 7) is 0. The van der Waals surface area contributed by atoms with Crippen molar-refractivity contribution in [1.29, 1.82) is 0 Å². The Morgan fingerprint density at radius 2 is 2.16 bits per heavy atom. The van der Waals surface area contributed by atoms with Crippen LogP contribution in [0.3, 0.4) is 0 Å². The Hall–Kier alpha value is -1.11. The number of hydrogen-bond acceptors (Lipinski definition) is 4. The van der Waals surface area contributed by atoms with Gasteiger partial charge in [-0.25, -0.2) is 9.97 Å². The van der Waals surface area contributed by atoms with Crippen molar-refractivity contribution in [3.8, 4) is 0 Å². The van der Waals surface area contributed by atoms with Crippen molar-refractivity contribution < 1.29 is 4.79 Å². The van der Waals surface area contributed by atoms with E-state index in [1.807, 2.05) is 6.26 Å². The fourth-order valence-electron chi connectivity index (χ4n) is 1.35. The number of hydrogen-bond donors (Lipinski definition) is 1. The van der Waals surface area contributed by atoms with Crippen LogP contribution in [0.15, 0.2) is 40.1 Å². The second-order valence-corrected chi connectivity index (χ2v) is 5.52. The third-order valence-corrected chi connectivity index (χ3v) is 3.71.